The third-order valence-electron chi connectivity index (χ3n) is 5.10. The molecule has 0 spiro atoms. The molecule has 0 amide bonds. The highest BCUT2D eigenvalue weighted by Gasteiger charge is 2.14. The Morgan fingerprint density at radius 2 is 1.65 bits per heavy atom. The Balaban J connectivity index is 1.60. The van der Waals surface area contributed by atoms with Crippen LogP contribution in [-0.2, 0) is 6.42 Å². The molecule has 5 aromatic rings. The summed E-state index contributed by atoms with van der Waals surface area (Å²) in [5, 5.41) is 7.94. The molecule has 152 valence electrons. The molecule has 0 saturated carbocycles. The first-order valence-electron chi connectivity index (χ1n) is 9.44. The van der Waals surface area contributed by atoms with Gasteiger partial charge in [-0.1, -0.05) is 24.3 Å². The minimum Gasteiger partial charge on any atom is -0.306 e. The molecule has 0 bridgehead atoms. The van der Waals surface area contributed by atoms with E-state index in [4.69, 9.17) is 0 Å². The second-order valence-corrected chi connectivity index (χ2v) is 7.11. The predicted octanol–water partition coefficient (Wildman–Crippen LogP) is 3.70. The third-order valence-corrected chi connectivity index (χ3v) is 5.10. The first kappa shape index (κ1) is 18.8. The summed E-state index contributed by atoms with van der Waals surface area (Å²) in [4.78, 5) is 31.2. The van der Waals surface area contributed by atoms with Crippen LogP contribution in [0, 0.1) is 11.6 Å². The Morgan fingerprint density at radius 1 is 0.839 bits per heavy atom. The number of H-pyrrole nitrogens is 2. The highest BCUT2D eigenvalue weighted by Crippen LogP contribution is 2.24. The van der Waals surface area contributed by atoms with Gasteiger partial charge in [0.15, 0.2) is 0 Å². The summed E-state index contributed by atoms with van der Waals surface area (Å²) in [5.41, 5.74) is 0.866. The zero-order valence-electron chi connectivity index (χ0n) is 15.9. The van der Waals surface area contributed by atoms with Gasteiger partial charge in [-0.05, 0) is 42.0 Å². The van der Waals surface area contributed by atoms with Crippen LogP contribution < -0.4 is 11.1 Å². The highest BCUT2D eigenvalue weighted by molar-refractivity contribution is 5.83. The molecule has 5 rings (SSSR count). The first-order chi connectivity index (χ1) is 15.0. The lowest BCUT2D eigenvalue weighted by atomic mass is 10.0. The second kappa shape index (κ2) is 7.24. The maximum atomic E-state index is 14.6. The molecule has 0 saturated heterocycles. The van der Waals surface area contributed by atoms with Gasteiger partial charge in [0, 0.05) is 11.8 Å². The molecule has 2 N–H and O–H groups in total. The van der Waals surface area contributed by atoms with Gasteiger partial charge in [-0.15, -0.1) is 0 Å². The normalized spacial score (nSPS) is 11.3. The SMILES string of the molecule is O=c1[nH]c(-c2cc(Cc3n[nH]c(=O)c4ccccc34)ccc2F)nc2ccc(F)cc12. The monoisotopic (exact) mass is 416 g/mol. The molecule has 0 aliphatic heterocycles. The maximum Gasteiger partial charge on any atom is 0.272 e. The molecule has 8 heteroatoms. The van der Waals surface area contributed by atoms with E-state index in [1.54, 1.807) is 30.3 Å². The van der Waals surface area contributed by atoms with Gasteiger partial charge in [0.2, 0.25) is 0 Å². The van der Waals surface area contributed by atoms with E-state index in [0.29, 0.717) is 28.5 Å². The van der Waals surface area contributed by atoms with E-state index in [1.807, 2.05) is 6.07 Å². The quantitative estimate of drug-likeness (QED) is 0.469. The van der Waals surface area contributed by atoms with Crippen molar-refractivity contribution in [2.75, 3.05) is 0 Å². The van der Waals surface area contributed by atoms with E-state index in [2.05, 4.69) is 20.2 Å². The van der Waals surface area contributed by atoms with Crippen LogP contribution in [0.15, 0.2) is 70.3 Å². The molecule has 6 nitrogen and oxygen atoms in total. The summed E-state index contributed by atoms with van der Waals surface area (Å²) in [6.07, 6.45) is 0.327. The number of rotatable bonds is 3. The number of aromatic nitrogens is 4. The van der Waals surface area contributed by atoms with Crippen molar-refractivity contribution < 1.29 is 8.78 Å². The molecule has 0 unspecified atom stereocenters. The van der Waals surface area contributed by atoms with Crippen LogP contribution in [0.2, 0.25) is 0 Å². The largest absolute Gasteiger partial charge is 0.306 e. The number of hydrogen-bond acceptors (Lipinski definition) is 4. The Labute approximate surface area is 173 Å². The maximum absolute atomic E-state index is 14.6. The molecule has 0 radical (unpaired) electrons. The highest BCUT2D eigenvalue weighted by atomic mass is 19.1. The fraction of sp³-hybridized carbons (Fsp3) is 0.0435. The van der Waals surface area contributed by atoms with Crippen molar-refractivity contribution in [1.29, 1.82) is 0 Å². The van der Waals surface area contributed by atoms with Crippen molar-refractivity contribution >= 4 is 21.7 Å². The summed E-state index contributed by atoms with van der Waals surface area (Å²) < 4.78 is 28.0. The summed E-state index contributed by atoms with van der Waals surface area (Å²) in [6, 6.07) is 15.2. The summed E-state index contributed by atoms with van der Waals surface area (Å²) in [5.74, 6) is -1.07. The molecule has 0 aliphatic carbocycles. The molecular weight excluding hydrogens is 402 g/mol. The number of halogens is 2. The molecule has 0 aliphatic rings. The molecule has 3 aromatic carbocycles. The fourth-order valence-electron chi connectivity index (χ4n) is 3.60. The average molecular weight is 416 g/mol. The zero-order chi connectivity index (χ0) is 21.5. The van der Waals surface area contributed by atoms with Gasteiger partial charge in [-0.2, -0.15) is 5.10 Å². The van der Waals surface area contributed by atoms with Gasteiger partial charge in [0.25, 0.3) is 11.1 Å². The van der Waals surface area contributed by atoms with E-state index in [9.17, 15) is 18.4 Å². The number of benzene rings is 3. The number of nitrogens with one attached hydrogen (secondary N) is 2. The summed E-state index contributed by atoms with van der Waals surface area (Å²) in [7, 11) is 0. The lowest BCUT2D eigenvalue weighted by Crippen LogP contribution is -2.12. The topological polar surface area (TPSA) is 91.5 Å². The van der Waals surface area contributed by atoms with Gasteiger partial charge >= 0.3 is 0 Å². The van der Waals surface area contributed by atoms with Crippen LogP contribution in [0.25, 0.3) is 33.1 Å². The van der Waals surface area contributed by atoms with Crippen LogP contribution in [0.4, 0.5) is 8.78 Å². The molecule has 31 heavy (non-hydrogen) atoms. The lowest BCUT2D eigenvalue weighted by Gasteiger charge is -2.09. The fourth-order valence-corrected chi connectivity index (χ4v) is 3.60. The van der Waals surface area contributed by atoms with E-state index < -0.39 is 17.2 Å². The first-order valence-corrected chi connectivity index (χ1v) is 9.44. The Morgan fingerprint density at radius 3 is 2.48 bits per heavy atom. The van der Waals surface area contributed by atoms with E-state index in [0.717, 1.165) is 6.07 Å². The van der Waals surface area contributed by atoms with Gasteiger partial charge in [-0.3, -0.25) is 9.59 Å². The number of hydrogen-bond donors (Lipinski definition) is 2. The van der Waals surface area contributed by atoms with Crippen molar-refractivity contribution in [3.8, 4) is 11.4 Å². The van der Waals surface area contributed by atoms with E-state index >= 15 is 0 Å². The van der Waals surface area contributed by atoms with Crippen LogP contribution in [0.1, 0.15) is 11.3 Å². The molecule has 2 aromatic heterocycles. The van der Waals surface area contributed by atoms with Crippen LogP contribution >= 0.6 is 0 Å². The van der Waals surface area contributed by atoms with Crippen molar-refractivity contribution in [3.63, 3.8) is 0 Å². The van der Waals surface area contributed by atoms with Crippen LogP contribution in [0.3, 0.4) is 0 Å². The Kier molecular flexibility index (Phi) is 4.39. The van der Waals surface area contributed by atoms with Crippen molar-refractivity contribution in [1.82, 2.24) is 20.2 Å². The Hall–Kier alpha value is -4.20. The smallest absolute Gasteiger partial charge is 0.272 e. The number of aromatic amines is 2. The third kappa shape index (κ3) is 3.38. The van der Waals surface area contributed by atoms with E-state index in [-0.39, 0.29) is 27.9 Å². The van der Waals surface area contributed by atoms with Crippen molar-refractivity contribution in [2.24, 2.45) is 0 Å². The predicted molar refractivity (Wildman–Crippen MR) is 113 cm³/mol. The molecular formula is C23H14F2N4O2. The van der Waals surface area contributed by atoms with Crippen LogP contribution in [0.5, 0.6) is 0 Å². The minimum absolute atomic E-state index is 0.0442. The lowest BCUT2D eigenvalue weighted by molar-refractivity contribution is 0.628. The molecule has 0 atom stereocenters. The number of nitrogens with zero attached hydrogens (tertiary/aromatic N) is 2. The number of fused-ring (bicyclic) bond motifs is 2. The Bertz CT molecular complexity index is 1590. The van der Waals surface area contributed by atoms with Crippen molar-refractivity contribution in [3.05, 3.63) is 104 Å². The molecule has 0 fully saturated rings. The summed E-state index contributed by atoms with van der Waals surface area (Å²) in [6.45, 7) is 0. The van der Waals surface area contributed by atoms with Gasteiger partial charge in [0.1, 0.15) is 17.5 Å². The van der Waals surface area contributed by atoms with Gasteiger partial charge in [0.05, 0.1) is 27.5 Å². The standard InChI is InChI=1S/C23H14F2N4O2/c24-13-6-8-19-17(11-13)22(30)27-21(26-19)16-9-12(5-7-18(16)25)10-20-14-3-1-2-4-15(14)23(31)29-28-20/h1-9,11H,10H2,(H,29,31)(H,26,27,30). The second-order valence-electron chi connectivity index (χ2n) is 7.11. The van der Waals surface area contributed by atoms with Crippen molar-refractivity contribution in [2.45, 2.75) is 6.42 Å². The van der Waals surface area contributed by atoms with E-state index in [1.165, 1.54) is 18.2 Å². The summed E-state index contributed by atoms with van der Waals surface area (Å²) >= 11 is 0. The van der Waals surface area contributed by atoms with Crippen LogP contribution in [-0.4, -0.2) is 20.2 Å². The zero-order valence-corrected chi connectivity index (χ0v) is 15.9. The van der Waals surface area contributed by atoms with Gasteiger partial charge in [-0.25, -0.2) is 18.9 Å². The molecule has 2 heterocycles. The average Bonchev–Trinajstić information content (AvgIpc) is 2.77. The minimum atomic E-state index is -0.562. The van der Waals surface area contributed by atoms with Gasteiger partial charge < -0.3 is 4.98 Å².